The van der Waals surface area contributed by atoms with Crippen molar-refractivity contribution in [2.24, 2.45) is 5.92 Å². The molecular formula is C23H27ClO6. The lowest BCUT2D eigenvalue weighted by Gasteiger charge is -2.42. The summed E-state index contributed by atoms with van der Waals surface area (Å²) < 4.78 is 11.6. The summed E-state index contributed by atoms with van der Waals surface area (Å²) in [5.41, 5.74) is 1.56. The quantitative estimate of drug-likeness (QED) is 0.556. The Balaban J connectivity index is 1.58. The Labute approximate surface area is 180 Å². The normalized spacial score (nSPS) is 32.9. The zero-order chi connectivity index (χ0) is 21.5. The molecule has 2 aromatic rings. The van der Waals surface area contributed by atoms with Crippen molar-refractivity contribution < 1.29 is 29.9 Å². The minimum atomic E-state index is -1.36. The molecule has 0 radical (unpaired) electrons. The zero-order valence-corrected chi connectivity index (χ0v) is 17.5. The fourth-order valence-electron chi connectivity index (χ4n) is 4.34. The van der Waals surface area contributed by atoms with Crippen LogP contribution in [0.3, 0.4) is 0 Å². The molecule has 2 fully saturated rings. The molecule has 4 N–H and O–H groups in total. The molecule has 4 rings (SSSR count). The summed E-state index contributed by atoms with van der Waals surface area (Å²) in [5, 5.41) is 41.4. The summed E-state index contributed by atoms with van der Waals surface area (Å²) in [4.78, 5) is 0. The van der Waals surface area contributed by atoms with Gasteiger partial charge in [0.05, 0.1) is 6.61 Å². The smallest absolute Gasteiger partial charge is 0.119 e. The topological polar surface area (TPSA) is 99.4 Å². The van der Waals surface area contributed by atoms with Crippen LogP contribution in [0.15, 0.2) is 42.5 Å². The van der Waals surface area contributed by atoms with Crippen LogP contribution in [0.25, 0.3) is 0 Å². The largest absolute Gasteiger partial charge is 0.494 e. The van der Waals surface area contributed by atoms with Gasteiger partial charge in [-0.15, -0.1) is 0 Å². The van der Waals surface area contributed by atoms with Crippen LogP contribution in [-0.4, -0.2) is 57.6 Å². The van der Waals surface area contributed by atoms with Crippen molar-refractivity contribution in [2.75, 3.05) is 13.2 Å². The summed E-state index contributed by atoms with van der Waals surface area (Å²) in [6.45, 7) is 2.40. The molecule has 1 heterocycles. The van der Waals surface area contributed by atoms with Crippen molar-refractivity contribution in [3.8, 4) is 5.75 Å². The lowest BCUT2D eigenvalue weighted by atomic mass is 9.88. The van der Waals surface area contributed by atoms with Crippen molar-refractivity contribution in [2.45, 2.75) is 49.8 Å². The molecule has 1 spiro atoms. The number of ether oxygens (including phenoxy) is 2. The SMILES string of the molecule is CCOc1ccc(Cc2cc(C3OC4(CC4CO)C(O)C(O)C3O)ccc2Cl)cc1. The van der Waals surface area contributed by atoms with Gasteiger partial charge in [0, 0.05) is 17.5 Å². The van der Waals surface area contributed by atoms with Gasteiger partial charge in [-0.1, -0.05) is 35.9 Å². The highest BCUT2D eigenvalue weighted by Gasteiger charge is 2.67. The van der Waals surface area contributed by atoms with E-state index in [0.29, 0.717) is 30.0 Å². The molecule has 162 valence electrons. The zero-order valence-electron chi connectivity index (χ0n) is 16.7. The molecule has 6 nitrogen and oxygen atoms in total. The van der Waals surface area contributed by atoms with Crippen LogP contribution in [0.5, 0.6) is 5.75 Å². The number of halogens is 1. The average molecular weight is 435 g/mol. The second kappa shape index (κ2) is 8.46. The summed E-state index contributed by atoms with van der Waals surface area (Å²) in [5.74, 6) is 0.549. The minimum absolute atomic E-state index is 0.143. The standard InChI is InChI=1S/C23H27ClO6/c1-2-29-17-6-3-13(4-7-17)9-15-10-14(5-8-18(15)24)21-19(26)20(27)22(28)23(30-21)11-16(23)12-25/h3-8,10,16,19-22,25-28H,2,9,11-12H2,1H3. The summed E-state index contributed by atoms with van der Waals surface area (Å²) in [7, 11) is 0. The first-order chi connectivity index (χ1) is 14.4. The highest BCUT2D eigenvalue weighted by atomic mass is 35.5. The van der Waals surface area contributed by atoms with E-state index in [4.69, 9.17) is 21.1 Å². The number of benzene rings is 2. The predicted octanol–water partition coefficient (Wildman–Crippen LogP) is 2.23. The van der Waals surface area contributed by atoms with E-state index >= 15 is 0 Å². The summed E-state index contributed by atoms with van der Waals surface area (Å²) >= 11 is 6.42. The van der Waals surface area contributed by atoms with Gasteiger partial charge in [-0.2, -0.15) is 0 Å². The van der Waals surface area contributed by atoms with Crippen molar-refractivity contribution >= 4 is 11.6 Å². The van der Waals surface area contributed by atoms with Crippen LogP contribution in [0.2, 0.25) is 5.02 Å². The molecule has 1 saturated carbocycles. The first-order valence-electron chi connectivity index (χ1n) is 10.2. The first-order valence-corrected chi connectivity index (χ1v) is 10.6. The maximum Gasteiger partial charge on any atom is 0.119 e. The van der Waals surface area contributed by atoms with E-state index in [1.54, 1.807) is 12.1 Å². The number of aliphatic hydroxyl groups excluding tert-OH is 4. The van der Waals surface area contributed by atoms with Crippen LogP contribution in [0, 0.1) is 5.92 Å². The molecule has 2 aromatic carbocycles. The third-order valence-electron chi connectivity index (χ3n) is 6.17. The Hall–Kier alpha value is -1.67. The van der Waals surface area contributed by atoms with E-state index in [2.05, 4.69) is 0 Å². The number of hydrogen-bond donors (Lipinski definition) is 4. The van der Waals surface area contributed by atoms with Crippen LogP contribution < -0.4 is 4.74 Å². The average Bonchev–Trinajstić information content (AvgIpc) is 3.47. The number of aliphatic hydroxyl groups is 4. The Morgan fingerprint density at radius 2 is 1.83 bits per heavy atom. The van der Waals surface area contributed by atoms with E-state index in [-0.39, 0.29) is 12.5 Å². The van der Waals surface area contributed by atoms with Crippen LogP contribution >= 0.6 is 11.6 Å². The van der Waals surface area contributed by atoms with Gasteiger partial charge in [0.1, 0.15) is 35.8 Å². The Morgan fingerprint density at radius 3 is 2.47 bits per heavy atom. The molecule has 7 heteroatoms. The van der Waals surface area contributed by atoms with Crippen LogP contribution in [0.1, 0.15) is 36.1 Å². The highest BCUT2D eigenvalue weighted by Crippen LogP contribution is 2.56. The maximum atomic E-state index is 10.6. The fraction of sp³-hybridized carbons (Fsp3) is 0.478. The lowest BCUT2D eigenvalue weighted by Crippen LogP contribution is -2.56. The van der Waals surface area contributed by atoms with Crippen molar-refractivity contribution in [3.05, 3.63) is 64.2 Å². The van der Waals surface area contributed by atoms with Gasteiger partial charge >= 0.3 is 0 Å². The highest BCUT2D eigenvalue weighted by molar-refractivity contribution is 6.31. The molecule has 1 aliphatic heterocycles. The third kappa shape index (κ3) is 3.84. The van der Waals surface area contributed by atoms with E-state index < -0.39 is 30.0 Å². The van der Waals surface area contributed by atoms with Crippen LogP contribution in [-0.2, 0) is 11.2 Å². The molecule has 0 amide bonds. The van der Waals surface area contributed by atoms with Gasteiger partial charge in [-0.3, -0.25) is 0 Å². The van der Waals surface area contributed by atoms with E-state index in [1.165, 1.54) is 0 Å². The Kier molecular flexibility index (Phi) is 6.08. The number of hydrogen-bond acceptors (Lipinski definition) is 6. The maximum absolute atomic E-state index is 10.6. The molecule has 0 aromatic heterocycles. The van der Waals surface area contributed by atoms with E-state index in [1.807, 2.05) is 37.3 Å². The van der Waals surface area contributed by atoms with Gasteiger partial charge in [0.2, 0.25) is 0 Å². The van der Waals surface area contributed by atoms with Crippen molar-refractivity contribution in [3.63, 3.8) is 0 Å². The molecule has 0 bridgehead atoms. The molecule has 6 atom stereocenters. The fourth-order valence-corrected chi connectivity index (χ4v) is 4.53. The molecule has 1 aliphatic carbocycles. The van der Waals surface area contributed by atoms with Gasteiger partial charge < -0.3 is 29.9 Å². The summed E-state index contributed by atoms with van der Waals surface area (Å²) in [6.07, 6.45) is -3.68. The van der Waals surface area contributed by atoms with Gasteiger partial charge in [-0.05, 0) is 54.7 Å². The monoisotopic (exact) mass is 434 g/mol. The third-order valence-corrected chi connectivity index (χ3v) is 6.54. The second-order valence-corrected chi connectivity index (χ2v) is 8.51. The van der Waals surface area contributed by atoms with Crippen molar-refractivity contribution in [1.29, 1.82) is 0 Å². The lowest BCUT2D eigenvalue weighted by molar-refractivity contribution is -0.242. The summed E-state index contributed by atoms with van der Waals surface area (Å²) in [6, 6.07) is 13.1. The predicted molar refractivity (Wildman–Crippen MR) is 112 cm³/mol. The molecule has 30 heavy (non-hydrogen) atoms. The number of rotatable bonds is 6. The molecular weight excluding hydrogens is 408 g/mol. The van der Waals surface area contributed by atoms with E-state index in [0.717, 1.165) is 16.9 Å². The van der Waals surface area contributed by atoms with Gasteiger partial charge in [-0.25, -0.2) is 0 Å². The van der Waals surface area contributed by atoms with Crippen molar-refractivity contribution in [1.82, 2.24) is 0 Å². The Morgan fingerprint density at radius 1 is 1.10 bits per heavy atom. The minimum Gasteiger partial charge on any atom is -0.494 e. The molecule has 6 unspecified atom stereocenters. The van der Waals surface area contributed by atoms with Crippen LogP contribution in [0.4, 0.5) is 0 Å². The van der Waals surface area contributed by atoms with Gasteiger partial charge in [0.15, 0.2) is 0 Å². The van der Waals surface area contributed by atoms with E-state index in [9.17, 15) is 20.4 Å². The Bertz CT molecular complexity index is 888. The molecule has 1 saturated heterocycles. The second-order valence-electron chi connectivity index (χ2n) is 8.11. The molecule has 2 aliphatic rings. The van der Waals surface area contributed by atoms with Gasteiger partial charge in [0.25, 0.3) is 0 Å². The first kappa shape index (κ1) is 21.6.